The Hall–Kier alpha value is -3.22. The zero-order valence-corrected chi connectivity index (χ0v) is 16.4. The monoisotopic (exact) mass is 389 g/mol. The molecule has 1 aliphatic carbocycles. The Kier molecular flexibility index (Phi) is 4.12. The average molecular weight is 389 g/mol. The molecule has 3 aromatic rings. The lowest BCUT2D eigenvalue weighted by atomic mass is 9.76. The quantitative estimate of drug-likeness (QED) is 0.704. The SMILES string of the molecule is Cc1[nH]ccc1C(=O)N1CCC2(CCc3c2nc(-c2cccnc2)[nH]c3=O)CC1. The highest BCUT2D eigenvalue weighted by molar-refractivity contribution is 5.95. The third kappa shape index (κ3) is 2.88. The molecule has 0 atom stereocenters. The van der Waals surface area contributed by atoms with Crippen LogP contribution in [0, 0.1) is 6.92 Å². The number of H-pyrrole nitrogens is 2. The van der Waals surface area contributed by atoms with E-state index < -0.39 is 0 Å². The van der Waals surface area contributed by atoms with Gasteiger partial charge in [-0.15, -0.1) is 0 Å². The standard InChI is InChI=1S/C22H23N5O2/c1-14-16(5-10-24-14)21(29)27-11-7-22(8-12-27)6-4-17-18(22)25-19(26-20(17)28)15-3-2-9-23-13-15/h2-3,5,9-10,13,24H,4,6-8,11-12H2,1H3,(H,25,26,28). The van der Waals surface area contributed by atoms with Gasteiger partial charge in [0.05, 0.1) is 11.3 Å². The normalized spacial score (nSPS) is 17.5. The highest BCUT2D eigenvalue weighted by Crippen LogP contribution is 2.44. The summed E-state index contributed by atoms with van der Waals surface area (Å²) in [6.07, 6.45) is 8.55. The summed E-state index contributed by atoms with van der Waals surface area (Å²) in [7, 11) is 0. The average Bonchev–Trinajstić information content (AvgIpc) is 3.33. The number of aromatic nitrogens is 4. The van der Waals surface area contributed by atoms with Crippen molar-refractivity contribution in [2.24, 2.45) is 0 Å². The summed E-state index contributed by atoms with van der Waals surface area (Å²) in [6, 6.07) is 5.58. The van der Waals surface area contributed by atoms with Crippen LogP contribution in [0.25, 0.3) is 11.4 Å². The molecule has 3 aromatic heterocycles. The maximum absolute atomic E-state index is 12.9. The van der Waals surface area contributed by atoms with Gasteiger partial charge in [-0.25, -0.2) is 4.98 Å². The molecular formula is C22H23N5O2. The van der Waals surface area contributed by atoms with Crippen molar-refractivity contribution in [2.75, 3.05) is 13.1 Å². The summed E-state index contributed by atoms with van der Waals surface area (Å²) < 4.78 is 0. The Balaban J connectivity index is 1.43. The molecule has 1 fully saturated rings. The fraction of sp³-hybridized carbons (Fsp3) is 0.364. The topological polar surface area (TPSA) is 94.7 Å². The first-order valence-corrected chi connectivity index (χ1v) is 10.0. The number of hydrogen-bond acceptors (Lipinski definition) is 4. The van der Waals surface area contributed by atoms with Crippen molar-refractivity contribution in [2.45, 2.75) is 38.0 Å². The van der Waals surface area contributed by atoms with Crippen molar-refractivity contribution in [1.29, 1.82) is 0 Å². The molecule has 0 saturated carbocycles. The molecule has 7 nitrogen and oxygen atoms in total. The van der Waals surface area contributed by atoms with E-state index in [0.717, 1.165) is 53.8 Å². The van der Waals surface area contributed by atoms with E-state index in [2.05, 4.69) is 15.0 Å². The van der Waals surface area contributed by atoms with E-state index in [1.54, 1.807) is 18.6 Å². The Morgan fingerprint density at radius 3 is 2.72 bits per heavy atom. The molecule has 5 rings (SSSR count). The molecule has 1 aliphatic heterocycles. The van der Waals surface area contributed by atoms with E-state index in [1.807, 2.05) is 30.0 Å². The van der Waals surface area contributed by atoms with E-state index in [1.165, 1.54) is 0 Å². The number of nitrogens with zero attached hydrogens (tertiary/aromatic N) is 3. The van der Waals surface area contributed by atoms with Gasteiger partial charge in [0.25, 0.3) is 11.5 Å². The van der Waals surface area contributed by atoms with Crippen molar-refractivity contribution >= 4 is 5.91 Å². The molecule has 0 aromatic carbocycles. The van der Waals surface area contributed by atoms with E-state index in [9.17, 15) is 9.59 Å². The first-order valence-electron chi connectivity index (χ1n) is 10.0. The zero-order valence-electron chi connectivity index (χ0n) is 16.4. The third-order valence-corrected chi connectivity index (χ3v) is 6.50. The first-order chi connectivity index (χ1) is 14.1. The van der Waals surface area contributed by atoms with Gasteiger partial charge >= 0.3 is 0 Å². The molecule has 7 heteroatoms. The van der Waals surface area contributed by atoms with Crippen molar-refractivity contribution in [3.05, 3.63) is 69.7 Å². The Bertz CT molecular complexity index is 1120. The van der Waals surface area contributed by atoms with Crippen LogP contribution < -0.4 is 5.56 Å². The third-order valence-electron chi connectivity index (χ3n) is 6.50. The number of hydrogen-bond donors (Lipinski definition) is 2. The summed E-state index contributed by atoms with van der Waals surface area (Å²) in [5.74, 6) is 0.649. The number of pyridine rings is 1. The first kappa shape index (κ1) is 17.8. The fourth-order valence-electron chi connectivity index (χ4n) is 4.77. The Labute approximate surface area is 168 Å². The fourth-order valence-corrected chi connectivity index (χ4v) is 4.77. The molecule has 0 bridgehead atoms. The van der Waals surface area contributed by atoms with Gasteiger partial charge < -0.3 is 14.9 Å². The highest BCUT2D eigenvalue weighted by atomic mass is 16.2. The number of aryl methyl sites for hydroxylation is 1. The minimum absolute atomic E-state index is 0.0489. The molecule has 2 aliphatic rings. The molecule has 0 radical (unpaired) electrons. The summed E-state index contributed by atoms with van der Waals surface area (Å²) in [5.41, 5.74) is 4.00. The predicted molar refractivity (Wildman–Crippen MR) is 109 cm³/mol. The van der Waals surface area contributed by atoms with Crippen LogP contribution in [-0.4, -0.2) is 43.8 Å². The number of rotatable bonds is 2. The zero-order chi connectivity index (χ0) is 20.0. The highest BCUT2D eigenvalue weighted by Gasteiger charge is 2.44. The van der Waals surface area contributed by atoms with Crippen LogP contribution in [-0.2, 0) is 11.8 Å². The molecule has 4 heterocycles. The molecule has 2 N–H and O–H groups in total. The summed E-state index contributed by atoms with van der Waals surface area (Å²) >= 11 is 0. The van der Waals surface area contributed by atoms with Crippen LogP contribution in [0.1, 0.15) is 46.6 Å². The molecule has 1 saturated heterocycles. The number of amides is 1. The lowest BCUT2D eigenvalue weighted by Gasteiger charge is -2.39. The summed E-state index contributed by atoms with van der Waals surface area (Å²) in [5, 5.41) is 0. The second-order valence-electron chi connectivity index (χ2n) is 8.07. The van der Waals surface area contributed by atoms with Gasteiger partial charge in [-0.3, -0.25) is 14.6 Å². The van der Waals surface area contributed by atoms with Crippen molar-refractivity contribution in [3.8, 4) is 11.4 Å². The molecule has 1 amide bonds. The minimum atomic E-state index is -0.121. The van der Waals surface area contributed by atoms with Gasteiger partial charge in [-0.1, -0.05) is 0 Å². The second kappa shape index (κ2) is 6.69. The molecule has 1 spiro atoms. The number of likely N-dealkylation sites (tertiary alicyclic amines) is 1. The molecule has 148 valence electrons. The van der Waals surface area contributed by atoms with E-state index >= 15 is 0 Å². The van der Waals surface area contributed by atoms with Gasteiger partial charge in [0, 0.05) is 53.9 Å². The maximum Gasteiger partial charge on any atom is 0.255 e. The van der Waals surface area contributed by atoms with Crippen LogP contribution in [0.4, 0.5) is 0 Å². The van der Waals surface area contributed by atoms with Crippen LogP contribution in [0.5, 0.6) is 0 Å². The van der Waals surface area contributed by atoms with Crippen LogP contribution in [0.3, 0.4) is 0 Å². The van der Waals surface area contributed by atoms with Gasteiger partial charge in [0.2, 0.25) is 0 Å². The van der Waals surface area contributed by atoms with Crippen LogP contribution in [0.15, 0.2) is 41.6 Å². The molecule has 29 heavy (non-hydrogen) atoms. The summed E-state index contributed by atoms with van der Waals surface area (Å²) in [4.78, 5) is 42.5. The van der Waals surface area contributed by atoms with Crippen molar-refractivity contribution in [1.82, 2.24) is 24.8 Å². The van der Waals surface area contributed by atoms with E-state index in [-0.39, 0.29) is 16.9 Å². The number of carbonyl (C=O) groups is 1. The predicted octanol–water partition coefficient (Wildman–Crippen LogP) is 2.59. The second-order valence-corrected chi connectivity index (χ2v) is 8.07. The number of fused-ring (bicyclic) bond motifs is 2. The minimum Gasteiger partial charge on any atom is -0.365 e. The van der Waals surface area contributed by atoms with E-state index in [0.29, 0.717) is 18.9 Å². The number of nitrogens with one attached hydrogen (secondary N) is 2. The van der Waals surface area contributed by atoms with E-state index in [4.69, 9.17) is 4.98 Å². The molecular weight excluding hydrogens is 366 g/mol. The Morgan fingerprint density at radius 2 is 2.03 bits per heavy atom. The van der Waals surface area contributed by atoms with Gasteiger partial charge in [0.15, 0.2) is 0 Å². The van der Waals surface area contributed by atoms with Crippen LogP contribution in [0.2, 0.25) is 0 Å². The summed E-state index contributed by atoms with van der Waals surface area (Å²) in [6.45, 7) is 3.28. The smallest absolute Gasteiger partial charge is 0.255 e. The maximum atomic E-state index is 12.9. The lowest BCUT2D eigenvalue weighted by molar-refractivity contribution is 0.0663. The number of piperidine rings is 1. The molecule has 0 unspecified atom stereocenters. The number of carbonyl (C=O) groups excluding carboxylic acids is 1. The van der Waals surface area contributed by atoms with Crippen LogP contribution >= 0.6 is 0 Å². The van der Waals surface area contributed by atoms with Gasteiger partial charge in [0.1, 0.15) is 5.82 Å². The lowest BCUT2D eigenvalue weighted by Crippen LogP contribution is -2.45. The number of aromatic amines is 2. The Morgan fingerprint density at radius 1 is 1.21 bits per heavy atom. The largest absolute Gasteiger partial charge is 0.365 e. The van der Waals surface area contributed by atoms with Crippen molar-refractivity contribution in [3.63, 3.8) is 0 Å². The van der Waals surface area contributed by atoms with Crippen molar-refractivity contribution < 1.29 is 4.79 Å². The van der Waals surface area contributed by atoms with Gasteiger partial charge in [-0.2, -0.15) is 0 Å². The van der Waals surface area contributed by atoms with Gasteiger partial charge in [-0.05, 0) is 50.8 Å².